The summed E-state index contributed by atoms with van der Waals surface area (Å²) in [6.45, 7) is 2.49. The van der Waals surface area contributed by atoms with Crippen molar-refractivity contribution in [3.8, 4) is 6.01 Å². The fourth-order valence-corrected chi connectivity index (χ4v) is 1.73. The van der Waals surface area contributed by atoms with Crippen LogP contribution in [0.1, 0.15) is 19.4 Å². The van der Waals surface area contributed by atoms with Crippen LogP contribution in [0.4, 0.5) is 0 Å². The van der Waals surface area contributed by atoms with Gasteiger partial charge >= 0.3 is 0 Å². The lowest BCUT2D eigenvalue weighted by molar-refractivity contribution is 0.0529. The largest absolute Gasteiger partial charge is 0.462 e. The monoisotopic (exact) mass is 210 g/mol. The van der Waals surface area contributed by atoms with Crippen LogP contribution >= 0.6 is 0 Å². The van der Waals surface area contributed by atoms with Gasteiger partial charge in [0.1, 0.15) is 6.61 Å². The second-order valence-corrected chi connectivity index (χ2v) is 3.71. The molecule has 2 atom stereocenters. The van der Waals surface area contributed by atoms with Crippen LogP contribution in [0.3, 0.4) is 0 Å². The standard InChI is InChI=1S/C10H14N2O3/c1-7-5-8(14-2)6-15-10-11-9(13)3-4-12(7)10/h3-4,7-8H,5-6H2,1-2H3. The number of hydrogen-bond donors (Lipinski definition) is 0. The molecule has 0 aliphatic carbocycles. The normalized spacial score (nSPS) is 25.2. The minimum Gasteiger partial charge on any atom is -0.462 e. The first-order chi connectivity index (χ1) is 7.20. The molecular formula is C10H14N2O3. The third-order valence-corrected chi connectivity index (χ3v) is 2.61. The van der Waals surface area contributed by atoms with Gasteiger partial charge in [-0.2, -0.15) is 4.98 Å². The predicted molar refractivity (Wildman–Crippen MR) is 54.1 cm³/mol. The molecular weight excluding hydrogens is 196 g/mol. The van der Waals surface area contributed by atoms with Gasteiger partial charge in [-0.3, -0.25) is 9.36 Å². The van der Waals surface area contributed by atoms with Crippen molar-refractivity contribution < 1.29 is 9.47 Å². The number of nitrogens with zero attached hydrogens (tertiary/aromatic N) is 2. The molecule has 0 bridgehead atoms. The summed E-state index contributed by atoms with van der Waals surface area (Å²) in [5, 5.41) is 0. The molecule has 82 valence electrons. The Kier molecular flexibility index (Phi) is 2.73. The highest BCUT2D eigenvalue weighted by Crippen LogP contribution is 2.23. The van der Waals surface area contributed by atoms with Crippen molar-refractivity contribution >= 4 is 0 Å². The Morgan fingerprint density at radius 2 is 2.47 bits per heavy atom. The summed E-state index contributed by atoms with van der Waals surface area (Å²) in [5.41, 5.74) is -0.274. The van der Waals surface area contributed by atoms with Gasteiger partial charge in [-0.1, -0.05) is 0 Å². The molecule has 0 N–H and O–H groups in total. The van der Waals surface area contributed by atoms with Crippen LogP contribution in [0.5, 0.6) is 6.01 Å². The minimum absolute atomic E-state index is 0.0526. The van der Waals surface area contributed by atoms with Crippen molar-refractivity contribution in [1.82, 2.24) is 9.55 Å². The highest BCUT2D eigenvalue weighted by Gasteiger charge is 2.21. The van der Waals surface area contributed by atoms with Gasteiger partial charge in [0.15, 0.2) is 0 Å². The fourth-order valence-electron chi connectivity index (χ4n) is 1.73. The highest BCUT2D eigenvalue weighted by molar-refractivity contribution is 5.02. The quantitative estimate of drug-likeness (QED) is 0.681. The fraction of sp³-hybridized carbons (Fsp3) is 0.600. The Balaban J connectivity index is 2.34. The van der Waals surface area contributed by atoms with Crippen molar-refractivity contribution in [3.63, 3.8) is 0 Å². The smallest absolute Gasteiger partial charge is 0.299 e. The second-order valence-electron chi connectivity index (χ2n) is 3.71. The number of ether oxygens (including phenoxy) is 2. The molecule has 1 aromatic rings. The van der Waals surface area contributed by atoms with Crippen molar-refractivity contribution in [2.45, 2.75) is 25.5 Å². The Morgan fingerprint density at radius 3 is 3.20 bits per heavy atom. The molecule has 5 heteroatoms. The first kappa shape index (κ1) is 10.2. The van der Waals surface area contributed by atoms with Crippen molar-refractivity contribution in [1.29, 1.82) is 0 Å². The minimum atomic E-state index is -0.274. The summed E-state index contributed by atoms with van der Waals surface area (Å²) in [5.74, 6) is 0. The SMILES string of the molecule is COC1COc2nc(=O)ccn2C(C)C1. The van der Waals surface area contributed by atoms with Gasteiger partial charge in [-0.25, -0.2) is 0 Å². The van der Waals surface area contributed by atoms with Gasteiger partial charge < -0.3 is 9.47 Å². The number of aromatic nitrogens is 2. The average molecular weight is 210 g/mol. The number of rotatable bonds is 1. The van der Waals surface area contributed by atoms with Gasteiger partial charge in [-0.05, 0) is 13.3 Å². The number of fused-ring (bicyclic) bond motifs is 1. The first-order valence-corrected chi connectivity index (χ1v) is 4.95. The summed E-state index contributed by atoms with van der Waals surface area (Å²) in [7, 11) is 1.66. The third-order valence-electron chi connectivity index (χ3n) is 2.61. The van der Waals surface area contributed by atoms with Gasteiger partial charge in [0.05, 0.1) is 6.10 Å². The molecule has 0 radical (unpaired) electrons. The molecule has 1 aliphatic heterocycles. The molecule has 0 aromatic carbocycles. The van der Waals surface area contributed by atoms with Crippen molar-refractivity contribution in [2.24, 2.45) is 0 Å². The van der Waals surface area contributed by atoms with Crippen LogP contribution in [0.15, 0.2) is 17.1 Å². The Labute approximate surface area is 87.7 Å². The molecule has 2 heterocycles. The molecule has 2 unspecified atom stereocenters. The summed E-state index contributed by atoms with van der Waals surface area (Å²) >= 11 is 0. The van der Waals surface area contributed by atoms with Crippen molar-refractivity contribution in [3.05, 3.63) is 22.6 Å². The lowest BCUT2D eigenvalue weighted by atomic mass is 10.1. The zero-order chi connectivity index (χ0) is 10.8. The van der Waals surface area contributed by atoms with Crippen LogP contribution in [0, 0.1) is 0 Å². The van der Waals surface area contributed by atoms with Crippen LogP contribution < -0.4 is 10.3 Å². The van der Waals surface area contributed by atoms with Crippen LogP contribution in [-0.4, -0.2) is 29.4 Å². The van der Waals surface area contributed by atoms with E-state index in [0.717, 1.165) is 6.42 Å². The van der Waals surface area contributed by atoms with Gasteiger partial charge in [0.25, 0.3) is 11.6 Å². The second kappa shape index (κ2) is 4.02. The molecule has 1 aliphatic rings. The molecule has 2 rings (SSSR count). The molecule has 0 spiro atoms. The lowest BCUT2D eigenvalue weighted by Crippen LogP contribution is -2.19. The van der Waals surface area contributed by atoms with Gasteiger partial charge in [-0.15, -0.1) is 0 Å². The summed E-state index contributed by atoms with van der Waals surface area (Å²) in [6.07, 6.45) is 2.62. The topological polar surface area (TPSA) is 53.4 Å². The maximum Gasteiger partial charge on any atom is 0.299 e. The molecule has 5 nitrogen and oxygen atoms in total. The lowest BCUT2D eigenvalue weighted by Gasteiger charge is -2.15. The van der Waals surface area contributed by atoms with E-state index in [0.29, 0.717) is 12.6 Å². The number of hydrogen-bond acceptors (Lipinski definition) is 4. The Morgan fingerprint density at radius 1 is 1.67 bits per heavy atom. The molecule has 0 amide bonds. The molecule has 0 fully saturated rings. The zero-order valence-corrected chi connectivity index (χ0v) is 8.84. The molecule has 15 heavy (non-hydrogen) atoms. The van der Waals surface area contributed by atoms with E-state index in [1.54, 1.807) is 13.3 Å². The summed E-state index contributed by atoms with van der Waals surface area (Å²) in [4.78, 5) is 14.9. The Hall–Kier alpha value is -1.36. The van der Waals surface area contributed by atoms with Crippen molar-refractivity contribution in [2.75, 3.05) is 13.7 Å². The first-order valence-electron chi connectivity index (χ1n) is 4.95. The molecule has 0 saturated carbocycles. The summed E-state index contributed by atoms with van der Waals surface area (Å²) in [6, 6.07) is 2.05. The van der Waals surface area contributed by atoms with E-state index in [1.165, 1.54) is 6.07 Å². The average Bonchev–Trinajstić information content (AvgIpc) is 2.38. The van der Waals surface area contributed by atoms with E-state index in [1.807, 2.05) is 4.57 Å². The molecule has 1 aromatic heterocycles. The van der Waals surface area contributed by atoms with E-state index in [4.69, 9.17) is 9.47 Å². The zero-order valence-electron chi connectivity index (χ0n) is 8.84. The molecule has 0 saturated heterocycles. The van der Waals surface area contributed by atoms with Gasteiger partial charge in [0.2, 0.25) is 0 Å². The van der Waals surface area contributed by atoms with E-state index in [9.17, 15) is 4.79 Å². The maximum atomic E-state index is 11.1. The predicted octanol–water partition coefficient (Wildman–Crippen LogP) is 0.602. The van der Waals surface area contributed by atoms with Gasteiger partial charge in [0, 0.05) is 25.4 Å². The van der Waals surface area contributed by atoms with E-state index in [2.05, 4.69) is 11.9 Å². The number of methoxy groups -OCH3 is 1. The van der Waals surface area contributed by atoms with Crippen LogP contribution in [-0.2, 0) is 4.74 Å². The van der Waals surface area contributed by atoms with Crippen LogP contribution in [0.2, 0.25) is 0 Å². The van der Waals surface area contributed by atoms with E-state index < -0.39 is 0 Å². The van der Waals surface area contributed by atoms with E-state index in [-0.39, 0.29) is 17.7 Å². The Bertz CT molecular complexity index is 402. The third kappa shape index (κ3) is 2.02. The highest BCUT2D eigenvalue weighted by atomic mass is 16.5. The summed E-state index contributed by atoms with van der Waals surface area (Å²) < 4.78 is 12.6. The maximum absolute atomic E-state index is 11.1. The van der Waals surface area contributed by atoms with E-state index >= 15 is 0 Å². The van der Waals surface area contributed by atoms with Crippen LogP contribution in [0.25, 0.3) is 0 Å².